The monoisotopic (exact) mass is 302 g/mol. The third-order valence-corrected chi connectivity index (χ3v) is 4.34. The van der Waals surface area contributed by atoms with Gasteiger partial charge >= 0.3 is 5.97 Å². The third-order valence-electron chi connectivity index (χ3n) is 4.34. The maximum Gasteiger partial charge on any atom is 0.316 e. The number of ether oxygens (including phenoxy) is 3. The van der Waals surface area contributed by atoms with Crippen LogP contribution in [0.3, 0.4) is 0 Å². The first-order valence-electron chi connectivity index (χ1n) is 7.91. The summed E-state index contributed by atoms with van der Waals surface area (Å²) >= 11 is 0. The maximum atomic E-state index is 12.0. The van der Waals surface area contributed by atoms with E-state index in [0.29, 0.717) is 6.61 Å². The van der Waals surface area contributed by atoms with Crippen molar-refractivity contribution in [1.29, 1.82) is 0 Å². The van der Waals surface area contributed by atoms with Gasteiger partial charge < -0.3 is 14.2 Å². The van der Waals surface area contributed by atoms with Gasteiger partial charge in [0.2, 0.25) is 0 Å². The molecule has 2 aliphatic heterocycles. The van der Waals surface area contributed by atoms with Crippen LogP contribution in [0.1, 0.15) is 31.7 Å². The minimum Gasteiger partial charge on any atom is -0.497 e. The average molecular weight is 302 g/mol. The first-order valence-corrected chi connectivity index (χ1v) is 7.91. The first kappa shape index (κ1) is 15.1. The molecule has 0 amide bonds. The van der Waals surface area contributed by atoms with E-state index < -0.39 is 0 Å². The SMILES string of the molecule is CCCCO[C@H]1C[C@@H]2OC(=O)[C@H]1C=C2c1ccc(OC)cc1. The lowest BCUT2D eigenvalue weighted by atomic mass is 9.80. The Morgan fingerprint density at radius 3 is 2.68 bits per heavy atom. The molecule has 1 saturated heterocycles. The van der Waals surface area contributed by atoms with Crippen LogP contribution in [0, 0.1) is 5.92 Å². The Balaban J connectivity index is 1.78. The molecular formula is C18H22O4. The zero-order chi connectivity index (χ0) is 15.5. The number of hydrogen-bond acceptors (Lipinski definition) is 4. The summed E-state index contributed by atoms with van der Waals surface area (Å²) in [5, 5.41) is 0. The van der Waals surface area contributed by atoms with Crippen molar-refractivity contribution in [2.24, 2.45) is 5.92 Å². The van der Waals surface area contributed by atoms with E-state index in [0.717, 1.165) is 36.1 Å². The van der Waals surface area contributed by atoms with E-state index in [1.54, 1.807) is 7.11 Å². The first-order chi connectivity index (χ1) is 10.7. The Hall–Kier alpha value is -1.81. The molecular weight excluding hydrogens is 280 g/mol. The fourth-order valence-corrected chi connectivity index (χ4v) is 3.06. The van der Waals surface area contributed by atoms with Gasteiger partial charge in [0.15, 0.2) is 0 Å². The van der Waals surface area contributed by atoms with E-state index in [4.69, 9.17) is 14.2 Å². The molecule has 1 aromatic rings. The molecule has 4 nitrogen and oxygen atoms in total. The standard InChI is InChI=1S/C18H22O4/c1-3-4-9-21-16-11-17-14(10-15(16)18(19)22-17)12-5-7-13(20-2)8-6-12/h5-8,10,15-17H,3-4,9,11H2,1-2H3/t15-,16-,17-/m0/s1. The number of methoxy groups -OCH3 is 1. The highest BCUT2D eigenvalue weighted by Gasteiger charge is 2.44. The van der Waals surface area contributed by atoms with E-state index >= 15 is 0 Å². The predicted molar refractivity (Wildman–Crippen MR) is 83.6 cm³/mol. The summed E-state index contributed by atoms with van der Waals surface area (Å²) in [6.45, 7) is 2.84. The highest BCUT2D eigenvalue weighted by molar-refractivity contribution is 5.86. The summed E-state index contributed by atoms with van der Waals surface area (Å²) in [7, 11) is 1.65. The summed E-state index contributed by atoms with van der Waals surface area (Å²) in [6.07, 6.45) is 4.66. The van der Waals surface area contributed by atoms with Crippen LogP contribution in [0.25, 0.3) is 5.57 Å². The molecule has 1 aliphatic carbocycles. The fraction of sp³-hybridized carbons (Fsp3) is 0.500. The molecule has 0 unspecified atom stereocenters. The molecule has 4 heteroatoms. The topological polar surface area (TPSA) is 44.8 Å². The van der Waals surface area contributed by atoms with Crippen molar-refractivity contribution in [3.05, 3.63) is 35.9 Å². The summed E-state index contributed by atoms with van der Waals surface area (Å²) < 4.78 is 16.6. The lowest BCUT2D eigenvalue weighted by Crippen LogP contribution is -2.46. The molecule has 0 radical (unpaired) electrons. The van der Waals surface area contributed by atoms with Crippen LogP contribution in [0.5, 0.6) is 5.75 Å². The Morgan fingerprint density at radius 1 is 1.27 bits per heavy atom. The highest BCUT2D eigenvalue weighted by atomic mass is 16.6. The smallest absolute Gasteiger partial charge is 0.316 e. The van der Waals surface area contributed by atoms with Crippen LogP contribution in [0.15, 0.2) is 30.3 Å². The number of esters is 1. The van der Waals surface area contributed by atoms with Gasteiger partial charge in [-0.05, 0) is 29.7 Å². The number of unbranched alkanes of at least 4 members (excludes halogenated alkanes) is 1. The maximum absolute atomic E-state index is 12.0. The molecule has 0 aromatic heterocycles. The molecule has 2 heterocycles. The van der Waals surface area contributed by atoms with E-state index in [1.165, 1.54) is 0 Å². The minimum atomic E-state index is -0.279. The second kappa shape index (κ2) is 6.53. The Morgan fingerprint density at radius 2 is 2.05 bits per heavy atom. The van der Waals surface area contributed by atoms with E-state index in [-0.39, 0.29) is 24.1 Å². The molecule has 1 aromatic carbocycles. The van der Waals surface area contributed by atoms with E-state index in [9.17, 15) is 4.79 Å². The van der Waals surface area contributed by atoms with E-state index in [1.807, 2.05) is 30.3 Å². The Bertz CT molecular complexity index is 561. The minimum absolute atomic E-state index is 0.0419. The Kier molecular flexibility index (Phi) is 4.48. The van der Waals surface area contributed by atoms with Crippen molar-refractivity contribution >= 4 is 11.5 Å². The van der Waals surface area contributed by atoms with Crippen LogP contribution < -0.4 is 4.74 Å². The van der Waals surface area contributed by atoms with Gasteiger partial charge in [-0.2, -0.15) is 0 Å². The van der Waals surface area contributed by atoms with Gasteiger partial charge in [0.25, 0.3) is 0 Å². The normalized spacial score (nSPS) is 26.5. The van der Waals surface area contributed by atoms with Gasteiger partial charge in [-0.1, -0.05) is 31.6 Å². The molecule has 0 N–H and O–H groups in total. The number of fused-ring (bicyclic) bond motifs is 2. The number of rotatable bonds is 6. The van der Waals surface area contributed by atoms with E-state index in [2.05, 4.69) is 6.92 Å². The van der Waals surface area contributed by atoms with Crippen molar-refractivity contribution in [1.82, 2.24) is 0 Å². The molecule has 22 heavy (non-hydrogen) atoms. The molecule has 0 spiro atoms. The van der Waals surface area contributed by atoms with Crippen molar-refractivity contribution in [3.8, 4) is 5.75 Å². The van der Waals surface area contributed by atoms with Crippen LogP contribution >= 0.6 is 0 Å². The van der Waals surface area contributed by atoms with Gasteiger partial charge in [0, 0.05) is 13.0 Å². The summed E-state index contributed by atoms with van der Waals surface area (Å²) in [4.78, 5) is 12.0. The largest absolute Gasteiger partial charge is 0.497 e. The highest BCUT2D eigenvalue weighted by Crippen LogP contribution is 2.40. The molecule has 0 saturated carbocycles. The van der Waals surface area contributed by atoms with Crippen LogP contribution in [-0.4, -0.2) is 31.9 Å². The number of carbonyl (C=O) groups is 1. The van der Waals surface area contributed by atoms with Gasteiger partial charge in [-0.15, -0.1) is 0 Å². The van der Waals surface area contributed by atoms with Crippen LogP contribution in [-0.2, 0) is 14.3 Å². The molecule has 1 fully saturated rings. The predicted octanol–water partition coefficient (Wildman–Crippen LogP) is 3.21. The van der Waals surface area contributed by atoms with Crippen molar-refractivity contribution in [3.63, 3.8) is 0 Å². The number of carbonyl (C=O) groups excluding carboxylic acids is 1. The molecule has 4 rings (SSSR count). The molecule has 2 bridgehead atoms. The second-order valence-electron chi connectivity index (χ2n) is 5.80. The molecule has 3 aliphatic rings. The van der Waals surface area contributed by atoms with Crippen LogP contribution in [0.2, 0.25) is 0 Å². The molecule has 118 valence electrons. The number of benzene rings is 1. The zero-order valence-corrected chi connectivity index (χ0v) is 13.1. The Labute approximate surface area is 131 Å². The van der Waals surface area contributed by atoms with Crippen molar-refractivity contribution in [2.45, 2.75) is 38.4 Å². The molecule has 3 atom stereocenters. The van der Waals surface area contributed by atoms with Gasteiger partial charge in [-0.3, -0.25) is 4.79 Å². The lowest BCUT2D eigenvalue weighted by molar-refractivity contribution is -0.167. The second-order valence-corrected chi connectivity index (χ2v) is 5.80. The van der Waals surface area contributed by atoms with Gasteiger partial charge in [-0.25, -0.2) is 0 Å². The zero-order valence-electron chi connectivity index (χ0n) is 13.1. The van der Waals surface area contributed by atoms with Crippen molar-refractivity contribution in [2.75, 3.05) is 13.7 Å². The number of hydrogen-bond donors (Lipinski definition) is 0. The van der Waals surface area contributed by atoms with Gasteiger partial charge in [0.05, 0.1) is 13.2 Å². The van der Waals surface area contributed by atoms with Gasteiger partial charge in [0.1, 0.15) is 17.8 Å². The lowest BCUT2D eigenvalue weighted by Gasteiger charge is -2.40. The van der Waals surface area contributed by atoms with Crippen molar-refractivity contribution < 1.29 is 19.0 Å². The summed E-state index contributed by atoms with van der Waals surface area (Å²) in [5.74, 6) is 0.386. The summed E-state index contributed by atoms with van der Waals surface area (Å²) in [5.41, 5.74) is 2.16. The van der Waals surface area contributed by atoms with Crippen LogP contribution in [0.4, 0.5) is 0 Å². The quantitative estimate of drug-likeness (QED) is 0.598. The average Bonchev–Trinajstić information content (AvgIpc) is 2.55. The third kappa shape index (κ3) is 2.88. The summed E-state index contributed by atoms with van der Waals surface area (Å²) in [6, 6.07) is 7.86. The fourth-order valence-electron chi connectivity index (χ4n) is 3.06.